The van der Waals surface area contributed by atoms with Crippen molar-refractivity contribution >= 4 is 11.3 Å². The topological polar surface area (TPSA) is 33.1 Å². The summed E-state index contributed by atoms with van der Waals surface area (Å²) < 4.78 is 0. The molecule has 0 spiro atoms. The van der Waals surface area contributed by atoms with Gasteiger partial charge in [0.25, 0.3) is 0 Å². The fraction of sp³-hybridized carbons (Fsp3) is 0.308. The molecule has 0 aliphatic heterocycles. The van der Waals surface area contributed by atoms with Gasteiger partial charge < -0.3 is 5.11 Å². The summed E-state index contributed by atoms with van der Waals surface area (Å²) in [5, 5.41) is 12.4. The van der Waals surface area contributed by atoms with Gasteiger partial charge in [0.2, 0.25) is 0 Å². The predicted molar refractivity (Wildman–Crippen MR) is 66.4 cm³/mol. The van der Waals surface area contributed by atoms with E-state index in [-0.39, 0.29) is 0 Å². The van der Waals surface area contributed by atoms with Gasteiger partial charge in [-0.25, -0.2) is 0 Å². The Bertz CT molecular complexity index is 422. The first-order chi connectivity index (χ1) is 7.68. The lowest BCUT2D eigenvalue weighted by atomic mass is 9.92. The Morgan fingerprint density at radius 3 is 2.88 bits per heavy atom. The number of rotatable bonds is 4. The van der Waals surface area contributed by atoms with Crippen molar-refractivity contribution in [1.82, 2.24) is 4.98 Å². The largest absolute Gasteiger partial charge is 0.385 e. The third-order valence-electron chi connectivity index (χ3n) is 2.72. The van der Waals surface area contributed by atoms with Crippen molar-refractivity contribution in [2.75, 3.05) is 0 Å². The first kappa shape index (κ1) is 11.3. The molecule has 1 atom stereocenters. The Morgan fingerprint density at radius 2 is 2.25 bits per heavy atom. The number of hydrogen-bond donors (Lipinski definition) is 1. The number of pyridine rings is 1. The lowest BCUT2D eigenvalue weighted by Crippen LogP contribution is -2.21. The molecular weight excluding hydrogens is 218 g/mol. The molecule has 3 heteroatoms. The van der Waals surface area contributed by atoms with Gasteiger partial charge in [-0.05, 0) is 37.3 Å². The van der Waals surface area contributed by atoms with Crippen LogP contribution in [0.2, 0.25) is 0 Å². The standard InChI is InChI=1S/C13H15NOS/c1-13(15,11-4-2-8-14-10-11)7-6-12-5-3-9-16-12/h2-5,8-10,15H,6-7H2,1H3. The third kappa shape index (κ3) is 2.68. The van der Waals surface area contributed by atoms with Gasteiger partial charge in [0.15, 0.2) is 0 Å². The summed E-state index contributed by atoms with van der Waals surface area (Å²) in [7, 11) is 0. The van der Waals surface area contributed by atoms with Crippen molar-refractivity contribution in [2.24, 2.45) is 0 Å². The molecule has 0 saturated carbocycles. The highest BCUT2D eigenvalue weighted by atomic mass is 32.1. The lowest BCUT2D eigenvalue weighted by molar-refractivity contribution is 0.0479. The molecule has 0 amide bonds. The van der Waals surface area contributed by atoms with Crippen molar-refractivity contribution in [1.29, 1.82) is 0 Å². The van der Waals surface area contributed by atoms with E-state index in [9.17, 15) is 5.11 Å². The molecule has 16 heavy (non-hydrogen) atoms. The number of aromatic nitrogens is 1. The van der Waals surface area contributed by atoms with Crippen molar-refractivity contribution in [3.63, 3.8) is 0 Å². The molecule has 2 nitrogen and oxygen atoms in total. The monoisotopic (exact) mass is 233 g/mol. The van der Waals surface area contributed by atoms with Crippen LogP contribution in [-0.4, -0.2) is 10.1 Å². The number of hydrogen-bond acceptors (Lipinski definition) is 3. The second-order valence-electron chi connectivity index (χ2n) is 4.09. The molecule has 84 valence electrons. The molecule has 2 aromatic rings. The fourth-order valence-electron chi connectivity index (χ4n) is 1.65. The van der Waals surface area contributed by atoms with Crippen LogP contribution in [0.15, 0.2) is 42.0 Å². The van der Waals surface area contributed by atoms with E-state index in [0.29, 0.717) is 0 Å². The molecule has 1 N–H and O–H groups in total. The molecule has 0 saturated heterocycles. The highest BCUT2D eigenvalue weighted by Gasteiger charge is 2.22. The molecule has 0 aromatic carbocycles. The van der Waals surface area contributed by atoms with Gasteiger partial charge in [0.05, 0.1) is 5.60 Å². The van der Waals surface area contributed by atoms with E-state index >= 15 is 0 Å². The van der Waals surface area contributed by atoms with Gasteiger partial charge in [-0.3, -0.25) is 4.98 Å². The summed E-state index contributed by atoms with van der Waals surface area (Å²) in [6, 6.07) is 7.92. The summed E-state index contributed by atoms with van der Waals surface area (Å²) in [6.45, 7) is 1.84. The molecule has 2 aromatic heterocycles. The smallest absolute Gasteiger partial charge is 0.0886 e. The van der Waals surface area contributed by atoms with E-state index < -0.39 is 5.60 Å². The van der Waals surface area contributed by atoms with Crippen LogP contribution < -0.4 is 0 Å². The number of nitrogens with zero attached hydrogens (tertiary/aromatic N) is 1. The molecule has 2 rings (SSSR count). The number of aliphatic hydroxyl groups is 1. The Morgan fingerprint density at radius 1 is 1.38 bits per heavy atom. The first-order valence-corrected chi connectivity index (χ1v) is 6.22. The van der Waals surface area contributed by atoms with Gasteiger partial charge in [-0.1, -0.05) is 12.1 Å². The lowest BCUT2D eigenvalue weighted by Gasteiger charge is -2.23. The predicted octanol–water partition coefficient (Wildman–Crippen LogP) is 2.98. The summed E-state index contributed by atoms with van der Waals surface area (Å²) in [5.74, 6) is 0. The summed E-state index contributed by atoms with van der Waals surface area (Å²) >= 11 is 1.73. The normalized spacial score (nSPS) is 14.6. The van der Waals surface area contributed by atoms with Crippen LogP contribution in [0.25, 0.3) is 0 Å². The minimum Gasteiger partial charge on any atom is -0.385 e. The van der Waals surface area contributed by atoms with Crippen LogP contribution in [-0.2, 0) is 12.0 Å². The van der Waals surface area contributed by atoms with Gasteiger partial charge in [-0.2, -0.15) is 0 Å². The zero-order valence-electron chi connectivity index (χ0n) is 9.26. The number of thiophene rings is 1. The van der Waals surface area contributed by atoms with Crippen LogP contribution >= 0.6 is 11.3 Å². The second-order valence-corrected chi connectivity index (χ2v) is 5.13. The van der Waals surface area contributed by atoms with Crippen molar-refractivity contribution in [3.05, 3.63) is 52.5 Å². The fourth-order valence-corrected chi connectivity index (χ4v) is 2.36. The van der Waals surface area contributed by atoms with E-state index in [4.69, 9.17) is 0 Å². The third-order valence-corrected chi connectivity index (χ3v) is 3.66. The minimum atomic E-state index is -0.793. The van der Waals surface area contributed by atoms with Crippen LogP contribution in [0.3, 0.4) is 0 Å². The first-order valence-electron chi connectivity index (χ1n) is 5.34. The summed E-state index contributed by atoms with van der Waals surface area (Å²) in [4.78, 5) is 5.35. The maximum absolute atomic E-state index is 10.3. The van der Waals surface area contributed by atoms with Gasteiger partial charge in [0, 0.05) is 22.8 Å². The molecule has 1 unspecified atom stereocenters. The van der Waals surface area contributed by atoms with E-state index in [2.05, 4.69) is 16.4 Å². The van der Waals surface area contributed by atoms with E-state index in [1.54, 1.807) is 23.7 Å². The molecule has 0 aliphatic carbocycles. The van der Waals surface area contributed by atoms with Crippen LogP contribution in [0.1, 0.15) is 23.8 Å². The second kappa shape index (κ2) is 4.76. The Balaban J connectivity index is 2.03. The zero-order valence-corrected chi connectivity index (χ0v) is 10.1. The SMILES string of the molecule is CC(O)(CCc1cccs1)c1cccnc1. The Hall–Kier alpha value is -1.19. The molecule has 0 aliphatic rings. The highest BCUT2D eigenvalue weighted by molar-refractivity contribution is 7.09. The van der Waals surface area contributed by atoms with Crippen LogP contribution in [0, 0.1) is 0 Å². The molecule has 0 radical (unpaired) electrons. The Labute approximate surface area is 99.6 Å². The van der Waals surface area contributed by atoms with Crippen LogP contribution in [0.5, 0.6) is 0 Å². The average Bonchev–Trinajstić information content (AvgIpc) is 2.81. The number of aryl methyl sites for hydroxylation is 1. The zero-order chi connectivity index (χ0) is 11.4. The van der Waals surface area contributed by atoms with Crippen molar-refractivity contribution in [3.8, 4) is 0 Å². The van der Waals surface area contributed by atoms with Crippen molar-refractivity contribution in [2.45, 2.75) is 25.4 Å². The molecule has 0 fully saturated rings. The molecular formula is C13H15NOS. The quantitative estimate of drug-likeness (QED) is 0.880. The van der Waals surface area contributed by atoms with E-state index in [0.717, 1.165) is 18.4 Å². The van der Waals surface area contributed by atoms with Gasteiger partial charge in [-0.15, -0.1) is 11.3 Å². The van der Waals surface area contributed by atoms with Crippen LogP contribution in [0.4, 0.5) is 0 Å². The van der Waals surface area contributed by atoms with Crippen molar-refractivity contribution < 1.29 is 5.11 Å². The maximum Gasteiger partial charge on any atom is 0.0886 e. The van der Waals surface area contributed by atoms with Gasteiger partial charge >= 0.3 is 0 Å². The molecule has 0 bridgehead atoms. The Kier molecular flexibility index (Phi) is 3.36. The van der Waals surface area contributed by atoms with Gasteiger partial charge in [0.1, 0.15) is 0 Å². The van der Waals surface area contributed by atoms with E-state index in [1.807, 2.05) is 25.1 Å². The van der Waals surface area contributed by atoms with E-state index in [1.165, 1.54) is 4.88 Å². The highest BCUT2D eigenvalue weighted by Crippen LogP contribution is 2.26. The summed E-state index contributed by atoms with van der Waals surface area (Å²) in [5.41, 5.74) is 0.0877. The maximum atomic E-state index is 10.3. The molecule has 2 heterocycles. The summed E-state index contributed by atoms with van der Waals surface area (Å²) in [6.07, 6.45) is 5.08. The average molecular weight is 233 g/mol. The minimum absolute atomic E-state index is 0.721.